The van der Waals surface area contributed by atoms with Crippen LogP contribution in [0.2, 0.25) is 0 Å². The number of ether oxygens (including phenoxy) is 1. The van der Waals surface area contributed by atoms with Crippen LogP contribution in [0.4, 0.5) is 0 Å². The van der Waals surface area contributed by atoms with Gasteiger partial charge in [-0.25, -0.2) is 8.42 Å². The minimum atomic E-state index is -2.85. The molecule has 0 aromatic carbocycles. The molecule has 0 aromatic rings. The molecule has 18 heavy (non-hydrogen) atoms. The minimum absolute atomic E-state index is 0.202. The quantitative estimate of drug-likeness (QED) is 0.685. The highest BCUT2D eigenvalue weighted by molar-refractivity contribution is 7.90. The number of sulfone groups is 1. The van der Waals surface area contributed by atoms with Gasteiger partial charge in [0.15, 0.2) is 0 Å². The van der Waals surface area contributed by atoms with Gasteiger partial charge in [-0.3, -0.25) is 0 Å². The first-order chi connectivity index (χ1) is 8.53. The Bertz CT molecular complexity index is 316. The molecule has 1 aliphatic carbocycles. The second-order valence-corrected chi connectivity index (χ2v) is 7.50. The lowest BCUT2D eigenvalue weighted by atomic mass is 9.85. The van der Waals surface area contributed by atoms with Crippen LogP contribution in [0.1, 0.15) is 39.0 Å². The molecular formula is C13H27NO3S. The van der Waals surface area contributed by atoms with E-state index in [-0.39, 0.29) is 5.75 Å². The minimum Gasteiger partial charge on any atom is -0.377 e. The summed E-state index contributed by atoms with van der Waals surface area (Å²) in [6.07, 6.45) is 7.98. The molecule has 0 bridgehead atoms. The number of hydrogen-bond acceptors (Lipinski definition) is 4. The number of rotatable bonds is 8. The highest BCUT2D eigenvalue weighted by Crippen LogP contribution is 2.28. The van der Waals surface area contributed by atoms with E-state index in [1.807, 2.05) is 0 Å². The molecule has 0 spiro atoms. The van der Waals surface area contributed by atoms with Crippen LogP contribution in [0, 0.1) is 5.92 Å². The van der Waals surface area contributed by atoms with Crippen LogP contribution in [0.5, 0.6) is 0 Å². The Morgan fingerprint density at radius 3 is 2.61 bits per heavy atom. The van der Waals surface area contributed by atoms with E-state index < -0.39 is 9.84 Å². The van der Waals surface area contributed by atoms with Gasteiger partial charge in [-0.15, -0.1) is 0 Å². The second-order valence-electron chi connectivity index (χ2n) is 5.24. The van der Waals surface area contributed by atoms with E-state index in [0.717, 1.165) is 12.5 Å². The molecule has 1 aliphatic rings. The smallest absolute Gasteiger partial charge is 0.148 e. The van der Waals surface area contributed by atoms with Crippen LogP contribution < -0.4 is 5.32 Å². The van der Waals surface area contributed by atoms with E-state index in [0.29, 0.717) is 19.3 Å². The third-order valence-electron chi connectivity index (χ3n) is 3.62. The topological polar surface area (TPSA) is 55.4 Å². The molecule has 5 heteroatoms. The lowest BCUT2D eigenvalue weighted by molar-refractivity contribution is -0.0101. The van der Waals surface area contributed by atoms with Gasteiger partial charge in [0, 0.05) is 19.3 Å². The number of nitrogens with one attached hydrogen (secondary N) is 1. The van der Waals surface area contributed by atoms with Crippen molar-refractivity contribution in [2.24, 2.45) is 5.92 Å². The van der Waals surface area contributed by atoms with Gasteiger partial charge in [0.25, 0.3) is 0 Å². The Kier molecular flexibility index (Phi) is 7.19. The maximum Gasteiger partial charge on any atom is 0.148 e. The van der Waals surface area contributed by atoms with Crippen molar-refractivity contribution < 1.29 is 13.2 Å². The van der Waals surface area contributed by atoms with Gasteiger partial charge in [0.1, 0.15) is 9.84 Å². The SMILES string of the molecule is CCC1CCCCC1OCCNCCS(C)(=O)=O. The fraction of sp³-hybridized carbons (Fsp3) is 1.00. The number of hydrogen-bond donors (Lipinski definition) is 1. The van der Waals surface area contributed by atoms with Crippen LogP contribution in [0.15, 0.2) is 0 Å². The van der Waals surface area contributed by atoms with Gasteiger partial charge in [-0.05, 0) is 18.8 Å². The fourth-order valence-corrected chi connectivity index (χ4v) is 3.04. The zero-order valence-electron chi connectivity index (χ0n) is 11.7. The zero-order chi connectivity index (χ0) is 13.4. The van der Waals surface area contributed by atoms with E-state index in [1.165, 1.54) is 38.4 Å². The van der Waals surface area contributed by atoms with Crippen LogP contribution >= 0.6 is 0 Å². The Morgan fingerprint density at radius 1 is 1.22 bits per heavy atom. The lowest BCUT2D eigenvalue weighted by Crippen LogP contribution is -2.31. The molecule has 1 rings (SSSR count). The van der Waals surface area contributed by atoms with Crippen molar-refractivity contribution in [3.63, 3.8) is 0 Å². The molecule has 0 radical (unpaired) electrons. The zero-order valence-corrected chi connectivity index (χ0v) is 12.5. The van der Waals surface area contributed by atoms with Crippen molar-refractivity contribution in [1.82, 2.24) is 5.32 Å². The molecule has 4 nitrogen and oxygen atoms in total. The van der Waals surface area contributed by atoms with Crippen molar-refractivity contribution in [2.45, 2.75) is 45.1 Å². The molecular weight excluding hydrogens is 250 g/mol. The fourth-order valence-electron chi connectivity index (χ4n) is 2.53. The highest BCUT2D eigenvalue weighted by atomic mass is 32.2. The summed E-state index contributed by atoms with van der Waals surface area (Å²) in [6, 6.07) is 0. The second kappa shape index (κ2) is 8.12. The van der Waals surface area contributed by atoms with Crippen molar-refractivity contribution in [2.75, 3.05) is 31.7 Å². The normalized spacial score (nSPS) is 25.2. The first kappa shape index (κ1) is 15.9. The molecule has 0 aromatic heterocycles. The first-order valence-corrected chi connectivity index (χ1v) is 9.09. The summed E-state index contributed by atoms with van der Waals surface area (Å²) < 4.78 is 27.8. The van der Waals surface area contributed by atoms with Crippen LogP contribution in [0.25, 0.3) is 0 Å². The third-order valence-corrected chi connectivity index (χ3v) is 4.57. The summed E-state index contributed by atoms with van der Waals surface area (Å²) in [5.74, 6) is 0.920. The average Bonchev–Trinajstić information content (AvgIpc) is 2.32. The van der Waals surface area contributed by atoms with Crippen molar-refractivity contribution in [1.29, 1.82) is 0 Å². The molecule has 0 amide bonds. The third kappa shape index (κ3) is 6.71. The molecule has 0 aliphatic heterocycles. The molecule has 1 fully saturated rings. The van der Waals surface area contributed by atoms with Crippen molar-refractivity contribution in [3.05, 3.63) is 0 Å². The Morgan fingerprint density at radius 2 is 1.94 bits per heavy atom. The molecule has 2 atom stereocenters. The summed E-state index contributed by atoms with van der Waals surface area (Å²) in [6.45, 7) is 4.17. The predicted molar refractivity (Wildman–Crippen MR) is 74.6 cm³/mol. The van der Waals surface area contributed by atoms with Gasteiger partial charge >= 0.3 is 0 Å². The van der Waals surface area contributed by atoms with E-state index in [9.17, 15) is 8.42 Å². The summed E-state index contributed by atoms with van der Waals surface area (Å²) in [4.78, 5) is 0. The van der Waals surface area contributed by atoms with E-state index >= 15 is 0 Å². The Labute approximate surface area is 111 Å². The standard InChI is InChI=1S/C13H27NO3S/c1-3-12-6-4-5-7-13(12)17-10-8-14-9-11-18(2,15)16/h12-14H,3-11H2,1-2H3. The predicted octanol–water partition coefficient (Wildman–Crippen LogP) is 1.61. The molecule has 1 N–H and O–H groups in total. The van der Waals surface area contributed by atoms with Crippen molar-refractivity contribution in [3.8, 4) is 0 Å². The van der Waals surface area contributed by atoms with E-state index in [2.05, 4.69) is 12.2 Å². The van der Waals surface area contributed by atoms with Crippen molar-refractivity contribution >= 4 is 9.84 Å². The van der Waals surface area contributed by atoms with E-state index in [1.54, 1.807) is 0 Å². The van der Waals surface area contributed by atoms with Crippen LogP contribution in [0.3, 0.4) is 0 Å². The average molecular weight is 277 g/mol. The van der Waals surface area contributed by atoms with Gasteiger partial charge < -0.3 is 10.1 Å². The first-order valence-electron chi connectivity index (χ1n) is 7.03. The van der Waals surface area contributed by atoms with E-state index in [4.69, 9.17) is 4.74 Å². The van der Waals surface area contributed by atoms with Gasteiger partial charge in [0.05, 0.1) is 18.5 Å². The maximum atomic E-state index is 10.9. The monoisotopic (exact) mass is 277 g/mol. The Hall–Kier alpha value is -0.130. The molecule has 0 saturated heterocycles. The van der Waals surface area contributed by atoms with Gasteiger partial charge in [-0.1, -0.05) is 26.2 Å². The highest BCUT2D eigenvalue weighted by Gasteiger charge is 2.23. The van der Waals surface area contributed by atoms with Crippen LogP contribution in [-0.2, 0) is 14.6 Å². The Balaban J connectivity index is 2.06. The molecule has 108 valence electrons. The molecule has 0 heterocycles. The molecule has 1 saturated carbocycles. The molecule has 2 unspecified atom stereocenters. The van der Waals surface area contributed by atoms with Crippen LogP contribution in [-0.4, -0.2) is 46.2 Å². The summed E-state index contributed by atoms with van der Waals surface area (Å²) in [7, 11) is -2.85. The summed E-state index contributed by atoms with van der Waals surface area (Å²) in [5.41, 5.74) is 0. The summed E-state index contributed by atoms with van der Waals surface area (Å²) >= 11 is 0. The summed E-state index contributed by atoms with van der Waals surface area (Å²) in [5, 5.41) is 3.11. The largest absolute Gasteiger partial charge is 0.377 e. The lowest BCUT2D eigenvalue weighted by Gasteiger charge is -2.30. The maximum absolute atomic E-state index is 10.9. The van der Waals surface area contributed by atoms with Gasteiger partial charge in [-0.2, -0.15) is 0 Å². The van der Waals surface area contributed by atoms with Gasteiger partial charge in [0.2, 0.25) is 0 Å².